The highest BCUT2D eigenvalue weighted by atomic mass is 16.1. The van der Waals surface area contributed by atoms with Crippen molar-refractivity contribution in [3.8, 4) is 0 Å². The van der Waals surface area contributed by atoms with Gasteiger partial charge in [-0.15, -0.1) is 0 Å². The number of benzene rings is 2. The van der Waals surface area contributed by atoms with Gasteiger partial charge in [0.15, 0.2) is 0 Å². The first-order chi connectivity index (χ1) is 9.72. The molecule has 98 valence electrons. The number of hydrogen-bond donors (Lipinski definition) is 1. The van der Waals surface area contributed by atoms with Crippen LogP contribution in [0.4, 0.5) is 5.69 Å². The van der Waals surface area contributed by atoms with Gasteiger partial charge >= 0.3 is 0 Å². The second-order valence-corrected chi connectivity index (χ2v) is 4.74. The molecular weight excluding hydrogens is 248 g/mol. The Balaban J connectivity index is 1.88. The highest BCUT2D eigenvalue weighted by Gasteiger charge is 2.08. The Kier molecular flexibility index (Phi) is 3.17. The Hall–Kier alpha value is -2.68. The Labute approximate surface area is 117 Å². The van der Waals surface area contributed by atoms with Gasteiger partial charge in [-0.3, -0.25) is 9.78 Å². The van der Waals surface area contributed by atoms with E-state index in [1.165, 1.54) is 0 Å². The Morgan fingerprint density at radius 2 is 1.80 bits per heavy atom. The standard InChI is InChI=1S/C17H14N2O/c1-12-5-4-8-15(9-12)19-17(20)16-10-13-6-2-3-7-14(13)11-18-16/h2-11H,1H3,(H,19,20). The number of nitrogens with zero attached hydrogens (tertiary/aromatic N) is 1. The van der Waals surface area contributed by atoms with Gasteiger partial charge in [0.25, 0.3) is 5.91 Å². The summed E-state index contributed by atoms with van der Waals surface area (Å²) < 4.78 is 0. The third kappa shape index (κ3) is 2.52. The molecule has 0 aliphatic heterocycles. The van der Waals surface area contributed by atoms with Crippen LogP contribution < -0.4 is 5.32 Å². The van der Waals surface area contributed by atoms with E-state index in [1.54, 1.807) is 12.3 Å². The zero-order valence-corrected chi connectivity index (χ0v) is 11.1. The number of aromatic nitrogens is 1. The molecule has 2 aromatic carbocycles. The zero-order chi connectivity index (χ0) is 13.9. The minimum absolute atomic E-state index is 0.193. The quantitative estimate of drug-likeness (QED) is 0.763. The lowest BCUT2D eigenvalue weighted by molar-refractivity contribution is 0.102. The molecule has 3 nitrogen and oxygen atoms in total. The van der Waals surface area contributed by atoms with E-state index in [4.69, 9.17) is 0 Å². The summed E-state index contributed by atoms with van der Waals surface area (Å²) in [6.45, 7) is 1.99. The Bertz CT molecular complexity index is 781. The maximum absolute atomic E-state index is 12.2. The average molecular weight is 262 g/mol. The number of anilines is 1. The van der Waals surface area contributed by atoms with Gasteiger partial charge in [0.1, 0.15) is 5.69 Å². The summed E-state index contributed by atoms with van der Waals surface area (Å²) in [4.78, 5) is 16.4. The summed E-state index contributed by atoms with van der Waals surface area (Å²) in [5.74, 6) is -0.193. The minimum atomic E-state index is -0.193. The van der Waals surface area contributed by atoms with Crippen LogP contribution in [0.3, 0.4) is 0 Å². The molecule has 0 radical (unpaired) electrons. The van der Waals surface area contributed by atoms with Gasteiger partial charge in [0.2, 0.25) is 0 Å². The van der Waals surface area contributed by atoms with Gasteiger partial charge < -0.3 is 5.32 Å². The zero-order valence-electron chi connectivity index (χ0n) is 11.1. The van der Waals surface area contributed by atoms with E-state index >= 15 is 0 Å². The summed E-state index contributed by atoms with van der Waals surface area (Å²) in [5, 5.41) is 4.90. The third-order valence-electron chi connectivity index (χ3n) is 3.14. The van der Waals surface area contributed by atoms with Crippen molar-refractivity contribution in [2.75, 3.05) is 5.32 Å². The van der Waals surface area contributed by atoms with Gasteiger partial charge in [0.05, 0.1) is 0 Å². The summed E-state index contributed by atoms with van der Waals surface area (Å²) in [6, 6.07) is 17.4. The number of rotatable bonds is 2. The first kappa shape index (κ1) is 12.4. The van der Waals surface area contributed by atoms with Gasteiger partial charge in [-0.2, -0.15) is 0 Å². The van der Waals surface area contributed by atoms with Gasteiger partial charge in [-0.05, 0) is 36.1 Å². The molecule has 1 aromatic heterocycles. The molecular formula is C17H14N2O. The van der Waals surface area contributed by atoms with Crippen molar-refractivity contribution in [1.82, 2.24) is 4.98 Å². The molecule has 0 atom stereocenters. The molecule has 1 amide bonds. The van der Waals surface area contributed by atoms with Crippen molar-refractivity contribution < 1.29 is 4.79 Å². The Morgan fingerprint density at radius 3 is 2.60 bits per heavy atom. The molecule has 0 fully saturated rings. The highest BCUT2D eigenvalue weighted by Crippen LogP contribution is 2.15. The van der Waals surface area contributed by atoms with Gasteiger partial charge in [-0.25, -0.2) is 0 Å². The van der Waals surface area contributed by atoms with Crippen molar-refractivity contribution in [1.29, 1.82) is 0 Å². The van der Waals surface area contributed by atoms with Crippen LogP contribution in [0.5, 0.6) is 0 Å². The Morgan fingerprint density at radius 1 is 1.00 bits per heavy atom. The summed E-state index contributed by atoms with van der Waals surface area (Å²) >= 11 is 0. The van der Waals surface area contributed by atoms with Gasteiger partial charge in [0, 0.05) is 17.3 Å². The fourth-order valence-corrected chi connectivity index (χ4v) is 2.13. The lowest BCUT2D eigenvalue weighted by Gasteiger charge is -2.06. The largest absolute Gasteiger partial charge is 0.321 e. The molecule has 0 saturated heterocycles. The van der Waals surface area contributed by atoms with Crippen molar-refractivity contribution >= 4 is 22.4 Å². The van der Waals surface area contributed by atoms with Crippen LogP contribution in [0.15, 0.2) is 60.8 Å². The normalized spacial score (nSPS) is 10.4. The smallest absolute Gasteiger partial charge is 0.274 e. The topological polar surface area (TPSA) is 42.0 Å². The summed E-state index contributed by atoms with van der Waals surface area (Å²) in [7, 11) is 0. The molecule has 0 saturated carbocycles. The minimum Gasteiger partial charge on any atom is -0.321 e. The average Bonchev–Trinajstić information content (AvgIpc) is 2.47. The van der Waals surface area contributed by atoms with Crippen molar-refractivity contribution in [3.05, 3.63) is 72.1 Å². The van der Waals surface area contributed by atoms with E-state index in [-0.39, 0.29) is 5.91 Å². The number of hydrogen-bond acceptors (Lipinski definition) is 2. The molecule has 3 rings (SSSR count). The van der Waals surface area contributed by atoms with E-state index in [0.29, 0.717) is 5.69 Å². The van der Waals surface area contributed by atoms with Crippen LogP contribution in [-0.2, 0) is 0 Å². The molecule has 3 aromatic rings. The van der Waals surface area contributed by atoms with Crippen LogP contribution in [0.2, 0.25) is 0 Å². The van der Waals surface area contributed by atoms with Crippen molar-refractivity contribution in [2.24, 2.45) is 0 Å². The number of carbonyl (C=O) groups is 1. The fraction of sp³-hybridized carbons (Fsp3) is 0.0588. The van der Waals surface area contributed by atoms with Crippen LogP contribution in [0.25, 0.3) is 10.8 Å². The van der Waals surface area contributed by atoms with E-state index in [2.05, 4.69) is 10.3 Å². The number of pyridine rings is 1. The van der Waals surface area contributed by atoms with Crippen LogP contribution in [0, 0.1) is 6.92 Å². The first-order valence-electron chi connectivity index (χ1n) is 6.45. The van der Waals surface area contributed by atoms with E-state index < -0.39 is 0 Å². The molecule has 1 N–H and O–H groups in total. The van der Waals surface area contributed by atoms with Crippen LogP contribution in [0.1, 0.15) is 16.1 Å². The molecule has 3 heteroatoms. The van der Waals surface area contributed by atoms with Crippen molar-refractivity contribution in [3.63, 3.8) is 0 Å². The molecule has 0 aliphatic carbocycles. The molecule has 1 heterocycles. The summed E-state index contributed by atoms with van der Waals surface area (Å²) in [6.07, 6.45) is 1.72. The summed E-state index contributed by atoms with van der Waals surface area (Å²) in [5.41, 5.74) is 2.31. The monoisotopic (exact) mass is 262 g/mol. The lowest BCUT2D eigenvalue weighted by Crippen LogP contribution is -2.13. The lowest BCUT2D eigenvalue weighted by atomic mass is 10.1. The number of fused-ring (bicyclic) bond motifs is 1. The predicted octanol–water partition coefficient (Wildman–Crippen LogP) is 3.80. The first-order valence-corrected chi connectivity index (χ1v) is 6.45. The molecule has 20 heavy (non-hydrogen) atoms. The third-order valence-corrected chi connectivity index (χ3v) is 3.14. The molecule has 0 bridgehead atoms. The number of amides is 1. The number of carbonyl (C=O) groups excluding carboxylic acids is 1. The number of nitrogens with one attached hydrogen (secondary N) is 1. The maximum atomic E-state index is 12.2. The second kappa shape index (κ2) is 5.13. The van der Waals surface area contributed by atoms with Crippen LogP contribution >= 0.6 is 0 Å². The second-order valence-electron chi connectivity index (χ2n) is 4.74. The number of aryl methyl sites for hydroxylation is 1. The van der Waals surface area contributed by atoms with Gasteiger partial charge in [-0.1, -0.05) is 36.4 Å². The molecule has 0 unspecified atom stereocenters. The fourth-order valence-electron chi connectivity index (χ4n) is 2.13. The van der Waals surface area contributed by atoms with E-state index in [0.717, 1.165) is 22.0 Å². The predicted molar refractivity (Wildman–Crippen MR) is 80.9 cm³/mol. The SMILES string of the molecule is Cc1cccc(NC(=O)c2cc3ccccc3cn2)c1. The van der Waals surface area contributed by atoms with Crippen molar-refractivity contribution in [2.45, 2.75) is 6.92 Å². The highest BCUT2D eigenvalue weighted by molar-refractivity contribution is 6.04. The molecule has 0 aliphatic rings. The van der Waals surface area contributed by atoms with Crippen LogP contribution in [-0.4, -0.2) is 10.9 Å². The van der Waals surface area contributed by atoms with E-state index in [1.807, 2.05) is 55.5 Å². The molecule has 0 spiro atoms. The van der Waals surface area contributed by atoms with E-state index in [9.17, 15) is 4.79 Å². The maximum Gasteiger partial charge on any atom is 0.274 e.